The van der Waals surface area contributed by atoms with E-state index in [2.05, 4.69) is 48.3 Å². The summed E-state index contributed by atoms with van der Waals surface area (Å²) in [5.41, 5.74) is 0.873. The van der Waals surface area contributed by atoms with Gasteiger partial charge in [0.25, 0.3) is 0 Å². The molecule has 1 amide bonds. The van der Waals surface area contributed by atoms with E-state index in [-0.39, 0.29) is 6.09 Å². The molecule has 0 atom stereocenters. The quantitative estimate of drug-likeness (QED) is 0.779. The standard InChI is InChI=1S/C18H30N2O2/c1-15(2)20(14-16-10-7-6-8-11-16)13-9-12-19-17(21)22-18(3,4)5/h6-8,10-11,15H,9,12-14H2,1-5H3,(H,19,21). The molecule has 0 aliphatic carbocycles. The third kappa shape index (κ3) is 8.03. The van der Waals surface area contributed by atoms with Gasteiger partial charge in [-0.05, 0) is 46.6 Å². The SMILES string of the molecule is CC(C)N(CCCNC(=O)OC(C)(C)C)Cc1ccccc1. The highest BCUT2D eigenvalue weighted by atomic mass is 16.6. The van der Waals surface area contributed by atoms with E-state index in [9.17, 15) is 4.79 Å². The maximum absolute atomic E-state index is 11.6. The third-order valence-electron chi connectivity index (χ3n) is 3.25. The number of hydrogen-bond acceptors (Lipinski definition) is 3. The summed E-state index contributed by atoms with van der Waals surface area (Å²) < 4.78 is 5.22. The number of benzene rings is 1. The van der Waals surface area contributed by atoms with Crippen molar-refractivity contribution in [2.24, 2.45) is 0 Å². The molecule has 0 unspecified atom stereocenters. The van der Waals surface area contributed by atoms with Crippen LogP contribution in [0.3, 0.4) is 0 Å². The number of alkyl carbamates (subject to hydrolysis) is 1. The van der Waals surface area contributed by atoms with E-state index in [1.54, 1.807) is 0 Å². The minimum atomic E-state index is -0.443. The van der Waals surface area contributed by atoms with E-state index in [4.69, 9.17) is 4.74 Å². The van der Waals surface area contributed by atoms with Gasteiger partial charge < -0.3 is 10.1 Å². The maximum Gasteiger partial charge on any atom is 0.407 e. The van der Waals surface area contributed by atoms with Gasteiger partial charge in [-0.15, -0.1) is 0 Å². The predicted molar refractivity (Wildman–Crippen MR) is 90.8 cm³/mol. The molecule has 0 aliphatic rings. The molecule has 0 heterocycles. The molecule has 0 spiro atoms. The van der Waals surface area contributed by atoms with Crippen molar-refractivity contribution >= 4 is 6.09 Å². The number of amides is 1. The van der Waals surface area contributed by atoms with Crippen molar-refractivity contribution in [3.63, 3.8) is 0 Å². The van der Waals surface area contributed by atoms with Crippen LogP contribution in [-0.2, 0) is 11.3 Å². The van der Waals surface area contributed by atoms with Crippen molar-refractivity contribution < 1.29 is 9.53 Å². The molecular formula is C18H30N2O2. The number of carbonyl (C=O) groups excluding carboxylic acids is 1. The largest absolute Gasteiger partial charge is 0.444 e. The first kappa shape index (κ1) is 18.5. The lowest BCUT2D eigenvalue weighted by molar-refractivity contribution is 0.0525. The molecule has 4 heteroatoms. The van der Waals surface area contributed by atoms with Crippen molar-refractivity contribution in [1.82, 2.24) is 10.2 Å². The second kappa shape index (κ2) is 8.79. The van der Waals surface area contributed by atoms with Crippen molar-refractivity contribution in [3.8, 4) is 0 Å². The van der Waals surface area contributed by atoms with Crippen LogP contribution in [0, 0.1) is 0 Å². The first-order chi connectivity index (χ1) is 10.3. The number of hydrogen-bond donors (Lipinski definition) is 1. The van der Waals surface area contributed by atoms with Crippen LogP contribution in [0.2, 0.25) is 0 Å². The average molecular weight is 306 g/mol. The van der Waals surface area contributed by atoms with E-state index in [1.807, 2.05) is 26.8 Å². The first-order valence-electron chi connectivity index (χ1n) is 8.03. The van der Waals surface area contributed by atoms with Gasteiger partial charge in [0.05, 0.1) is 0 Å². The summed E-state index contributed by atoms with van der Waals surface area (Å²) in [6, 6.07) is 10.9. The van der Waals surface area contributed by atoms with Gasteiger partial charge in [-0.3, -0.25) is 4.90 Å². The summed E-state index contributed by atoms with van der Waals surface area (Å²) in [5, 5.41) is 2.81. The summed E-state index contributed by atoms with van der Waals surface area (Å²) in [4.78, 5) is 14.0. The first-order valence-corrected chi connectivity index (χ1v) is 8.03. The average Bonchev–Trinajstić information content (AvgIpc) is 2.41. The summed E-state index contributed by atoms with van der Waals surface area (Å²) in [5.74, 6) is 0. The van der Waals surface area contributed by atoms with Gasteiger partial charge in [-0.2, -0.15) is 0 Å². The minimum Gasteiger partial charge on any atom is -0.444 e. The summed E-state index contributed by atoms with van der Waals surface area (Å²) >= 11 is 0. The van der Waals surface area contributed by atoms with E-state index >= 15 is 0 Å². The molecule has 0 bridgehead atoms. The fourth-order valence-corrected chi connectivity index (χ4v) is 2.12. The van der Waals surface area contributed by atoms with Crippen LogP contribution in [0.4, 0.5) is 4.79 Å². The molecule has 0 aliphatic heterocycles. The number of nitrogens with one attached hydrogen (secondary N) is 1. The number of carbonyl (C=O) groups is 1. The Bertz CT molecular complexity index is 438. The molecule has 0 radical (unpaired) electrons. The number of nitrogens with zero attached hydrogens (tertiary/aromatic N) is 1. The Balaban J connectivity index is 2.32. The molecule has 1 N–H and O–H groups in total. The highest BCUT2D eigenvalue weighted by molar-refractivity contribution is 5.67. The highest BCUT2D eigenvalue weighted by Gasteiger charge is 2.15. The molecule has 1 aromatic carbocycles. The van der Waals surface area contributed by atoms with E-state index in [1.165, 1.54) is 5.56 Å². The normalized spacial score (nSPS) is 11.8. The summed E-state index contributed by atoms with van der Waals surface area (Å²) in [6.45, 7) is 12.5. The van der Waals surface area contributed by atoms with Crippen molar-refractivity contribution in [2.75, 3.05) is 13.1 Å². The molecule has 0 saturated heterocycles. The van der Waals surface area contributed by atoms with Crippen LogP contribution in [0.1, 0.15) is 46.6 Å². The minimum absolute atomic E-state index is 0.341. The molecule has 22 heavy (non-hydrogen) atoms. The fourth-order valence-electron chi connectivity index (χ4n) is 2.12. The summed E-state index contributed by atoms with van der Waals surface area (Å²) in [6.07, 6.45) is 0.566. The van der Waals surface area contributed by atoms with Crippen LogP contribution in [0.15, 0.2) is 30.3 Å². The van der Waals surface area contributed by atoms with Gasteiger partial charge in [-0.25, -0.2) is 4.79 Å². The van der Waals surface area contributed by atoms with Crippen LogP contribution in [0.5, 0.6) is 0 Å². The molecule has 124 valence electrons. The van der Waals surface area contributed by atoms with Crippen LogP contribution < -0.4 is 5.32 Å². The van der Waals surface area contributed by atoms with Gasteiger partial charge in [0.15, 0.2) is 0 Å². The second-order valence-corrected chi connectivity index (χ2v) is 6.83. The maximum atomic E-state index is 11.6. The topological polar surface area (TPSA) is 41.6 Å². The van der Waals surface area contributed by atoms with E-state index in [0.29, 0.717) is 12.6 Å². The Morgan fingerprint density at radius 3 is 2.41 bits per heavy atom. The van der Waals surface area contributed by atoms with Gasteiger partial charge >= 0.3 is 6.09 Å². The molecular weight excluding hydrogens is 276 g/mol. The van der Waals surface area contributed by atoms with Gasteiger partial charge in [0, 0.05) is 25.7 Å². The molecule has 1 aromatic rings. The van der Waals surface area contributed by atoms with E-state index < -0.39 is 5.60 Å². The zero-order valence-electron chi connectivity index (χ0n) is 14.6. The lowest BCUT2D eigenvalue weighted by Gasteiger charge is -2.26. The Morgan fingerprint density at radius 2 is 1.86 bits per heavy atom. The van der Waals surface area contributed by atoms with Crippen molar-refractivity contribution in [3.05, 3.63) is 35.9 Å². The zero-order valence-corrected chi connectivity index (χ0v) is 14.6. The highest BCUT2D eigenvalue weighted by Crippen LogP contribution is 2.09. The second-order valence-electron chi connectivity index (χ2n) is 6.83. The molecule has 0 saturated carbocycles. The number of ether oxygens (including phenoxy) is 1. The molecule has 1 rings (SSSR count). The monoisotopic (exact) mass is 306 g/mol. The van der Waals surface area contributed by atoms with Crippen LogP contribution in [0.25, 0.3) is 0 Å². The van der Waals surface area contributed by atoms with Gasteiger partial charge in [0.2, 0.25) is 0 Å². The lowest BCUT2D eigenvalue weighted by Crippen LogP contribution is -2.36. The van der Waals surface area contributed by atoms with Crippen molar-refractivity contribution in [2.45, 2.75) is 59.2 Å². The van der Waals surface area contributed by atoms with E-state index in [0.717, 1.165) is 19.5 Å². The Hall–Kier alpha value is -1.55. The van der Waals surface area contributed by atoms with Gasteiger partial charge in [0.1, 0.15) is 5.60 Å². The fraction of sp³-hybridized carbons (Fsp3) is 0.611. The van der Waals surface area contributed by atoms with Crippen LogP contribution >= 0.6 is 0 Å². The Kier molecular flexibility index (Phi) is 7.39. The molecule has 4 nitrogen and oxygen atoms in total. The summed E-state index contributed by atoms with van der Waals surface area (Å²) in [7, 11) is 0. The smallest absolute Gasteiger partial charge is 0.407 e. The predicted octanol–water partition coefficient (Wildman–Crippen LogP) is 3.81. The Labute approximate surface area is 134 Å². The van der Waals surface area contributed by atoms with Crippen LogP contribution in [-0.4, -0.2) is 35.7 Å². The molecule has 0 fully saturated rings. The van der Waals surface area contributed by atoms with Crippen molar-refractivity contribution in [1.29, 1.82) is 0 Å². The Morgan fingerprint density at radius 1 is 1.23 bits per heavy atom. The lowest BCUT2D eigenvalue weighted by atomic mass is 10.2. The molecule has 0 aromatic heterocycles. The zero-order chi connectivity index (χ0) is 16.6. The third-order valence-corrected chi connectivity index (χ3v) is 3.25. The van der Waals surface area contributed by atoms with Gasteiger partial charge in [-0.1, -0.05) is 30.3 Å². The number of rotatable bonds is 7.